The topological polar surface area (TPSA) is 46.3 Å². The van der Waals surface area contributed by atoms with Gasteiger partial charge in [-0.2, -0.15) is 0 Å². The molecule has 17 heavy (non-hydrogen) atoms. The van der Waals surface area contributed by atoms with Crippen LogP contribution in [0.2, 0.25) is 0 Å². The monoisotopic (exact) mass is 232 g/mol. The molecule has 2 N–H and O–H groups in total. The second-order valence-electron chi connectivity index (χ2n) is 5.10. The minimum Gasteiger partial charge on any atom is -0.399 e. The summed E-state index contributed by atoms with van der Waals surface area (Å²) in [5.41, 5.74) is 7.63. The molecule has 0 heterocycles. The molecule has 0 aliphatic heterocycles. The highest BCUT2D eigenvalue weighted by atomic mass is 16.2. The first-order valence-electron chi connectivity index (χ1n) is 6.23. The van der Waals surface area contributed by atoms with Gasteiger partial charge in [-0.15, -0.1) is 0 Å². The zero-order valence-corrected chi connectivity index (χ0v) is 10.5. The molecule has 0 aromatic heterocycles. The first-order valence-corrected chi connectivity index (χ1v) is 6.23. The Morgan fingerprint density at radius 1 is 1.47 bits per heavy atom. The molecule has 0 bridgehead atoms. The van der Waals surface area contributed by atoms with E-state index in [2.05, 4.69) is 0 Å². The Hall–Kier alpha value is -1.51. The number of rotatable bonds is 4. The van der Waals surface area contributed by atoms with Crippen molar-refractivity contribution in [1.29, 1.82) is 0 Å². The number of hydrogen-bond donors (Lipinski definition) is 1. The fourth-order valence-electron chi connectivity index (χ4n) is 1.99. The van der Waals surface area contributed by atoms with Crippen LogP contribution >= 0.6 is 0 Å². The molecule has 1 aromatic rings. The van der Waals surface area contributed by atoms with E-state index in [1.165, 1.54) is 0 Å². The van der Waals surface area contributed by atoms with Crippen LogP contribution in [0, 0.1) is 5.92 Å². The fraction of sp³-hybridized carbons (Fsp3) is 0.500. The summed E-state index contributed by atoms with van der Waals surface area (Å²) in [6, 6.07) is 8.24. The van der Waals surface area contributed by atoms with Crippen LogP contribution in [0.15, 0.2) is 24.3 Å². The van der Waals surface area contributed by atoms with Gasteiger partial charge in [0.25, 0.3) is 0 Å². The van der Waals surface area contributed by atoms with Crippen molar-refractivity contribution in [3.05, 3.63) is 29.8 Å². The maximum Gasteiger partial charge on any atom is 0.225 e. The van der Waals surface area contributed by atoms with Gasteiger partial charge < -0.3 is 10.6 Å². The van der Waals surface area contributed by atoms with Gasteiger partial charge in [0.2, 0.25) is 5.91 Å². The number of nitrogens with two attached hydrogens (primary N) is 1. The van der Waals surface area contributed by atoms with Crippen molar-refractivity contribution >= 4 is 11.6 Å². The predicted molar refractivity (Wildman–Crippen MR) is 69.3 cm³/mol. The Balaban J connectivity index is 2.10. The second kappa shape index (κ2) is 4.78. The number of hydrogen-bond acceptors (Lipinski definition) is 2. The lowest BCUT2D eigenvalue weighted by Gasteiger charge is -2.24. The molecule has 0 saturated heterocycles. The average Bonchev–Trinajstić information content (AvgIpc) is 3.09. The van der Waals surface area contributed by atoms with Crippen LogP contribution < -0.4 is 5.73 Å². The summed E-state index contributed by atoms with van der Waals surface area (Å²) in [6.45, 7) is 4.60. The highest BCUT2D eigenvalue weighted by Crippen LogP contribution is 2.29. The molecule has 3 nitrogen and oxygen atoms in total. The highest BCUT2D eigenvalue weighted by molar-refractivity contribution is 5.78. The molecular formula is C14H20N2O. The quantitative estimate of drug-likeness (QED) is 0.810. The number of nitrogen functional groups attached to an aromatic ring is 1. The number of anilines is 1. The largest absolute Gasteiger partial charge is 0.399 e. The molecule has 3 heteroatoms. The van der Waals surface area contributed by atoms with E-state index >= 15 is 0 Å². The van der Waals surface area contributed by atoms with Crippen molar-refractivity contribution in [2.24, 2.45) is 5.92 Å². The normalized spacial score (nSPS) is 15.0. The number of amides is 1. The summed E-state index contributed by atoms with van der Waals surface area (Å²) in [4.78, 5) is 14.1. The zero-order valence-electron chi connectivity index (χ0n) is 10.5. The number of nitrogens with zero attached hydrogens (tertiary/aromatic N) is 1. The molecule has 92 valence electrons. The predicted octanol–water partition coefficient (Wildman–Crippen LogP) is 2.42. The Labute approximate surface area is 103 Å². The van der Waals surface area contributed by atoms with Gasteiger partial charge in [0.05, 0.1) is 0 Å². The third-order valence-corrected chi connectivity index (χ3v) is 3.07. The van der Waals surface area contributed by atoms with Gasteiger partial charge in [-0.1, -0.05) is 26.0 Å². The molecule has 1 saturated carbocycles. The standard InChI is InChI=1S/C14H20N2O/c1-10(2)14(17)16(13-6-7-13)9-11-4-3-5-12(15)8-11/h3-5,8,10,13H,6-7,9,15H2,1-2H3. The molecule has 1 aliphatic rings. The second-order valence-corrected chi connectivity index (χ2v) is 5.10. The summed E-state index contributed by atoms with van der Waals surface area (Å²) in [6.07, 6.45) is 2.28. The fourth-order valence-corrected chi connectivity index (χ4v) is 1.99. The average molecular weight is 232 g/mol. The van der Waals surface area contributed by atoms with E-state index in [9.17, 15) is 4.79 Å². The molecule has 1 amide bonds. The lowest BCUT2D eigenvalue weighted by Crippen LogP contribution is -2.35. The zero-order chi connectivity index (χ0) is 12.4. The Morgan fingerprint density at radius 2 is 2.18 bits per heavy atom. The van der Waals surface area contributed by atoms with Crippen molar-refractivity contribution < 1.29 is 4.79 Å². The first kappa shape index (κ1) is 12.0. The van der Waals surface area contributed by atoms with Gasteiger partial charge in [-0.05, 0) is 30.5 Å². The maximum atomic E-state index is 12.1. The van der Waals surface area contributed by atoms with Crippen molar-refractivity contribution in [3.8, 4) is 0 Å². The summed E-state index contributed by atoms with van der Waals surface area (Å²) in [5, 5.41) is 0. The lowest BCUT2D eigenvalue weighted by atomic mass is 10.1. The van der Waals surface area contributed by atoms with Crippen LogP contribution in [-0.4, -0.2) is 16.8 Å². The Kier molecular flexibility index (Phi) is 3.36. The van der Waals surface area contributed by atoms with Crippen LogP contribution in [0.3, 0.4) is 0 Å². The maximum absolute atomic E-state index is 12.1. The van der Waals surface area contributed by atoms with Gasteiger partial charge in [0.15, 0.2) is 0 Å². The van der Waals surface area contributed by atoms with Crippen molar-refractivity contribution in [2.45, 2.75) is 39.3 Å². The summed E-state index contributed by atoms with van der Waals surface area (Å²) in [7, 11) is 0. The SMILES string of the molecule is CC(C)C(=O)N(Cc1cccc(N)c1)C1CC1. The number of benzene rings is 1. The molecule has 1 aromatic carbocycles. The van der Waals surface area contributed by atoms with Crippen LogP contribution in [-0.2, 0) is 11.3 Å². The highest BCUT2D eigenvalue weighted by Gasteiger charge is 2.33. The van der Waals surface area contributed by atoms with E-state index in [0.29, 0.717) is 12.6 Å². The smallest absolute Gasteiger partial charge is 0.225 e. The molecule has 2 rings (SSSR count). The first-order chi connectivity index (χ1) is 8.08. The number of carbonyl (C=O) groups excluding carboxylic acids is 1. The molecule has 0 atom stereocenters. The van der Waals surface area contributed by atoms with Crippen molar-refractivity contribution in [1.82, 2.24) is 4.90 Å². The molecule has 1 aliphatic carbocycles. The van der Waals surface area contributed by atoms with Crippen LogP contribution in [0.5, 0.6) is 0 Å². The van der Waals surface area contributed by atoms with E-state index in [4.69, 9.17) is 5.73 Å². The van der Waals surface area contributed by atoms with Gasteiger partial charge >= 0.3 is 0 Å². The van der Waals surface area contributed by atoms with E-state index in [0.717, 1.165) is 24.1 Å². The molecular weight excluding hydrogens is 212 g/mol. The van der Waals surface area contributed by atoms with Crippen LogP contribution in [0.1, 0.15) is 32.3 Å². The third-order valence-electron chi connectivity index (χ3n) is 3.07. The minimum absolute atomic E-state index is 0.0664. The van der Waals surface area contributed by atoms with Gasteiger partial charge in [0, 0.05) is 24.2 Å². The summed E-state index contributed by atoms with van der Waals surface area (Å²) >= 11 is 0. The third kappa shape index (κ3) is 2.99. The Bertz CT molecular complexity index is 410. The minimum atomic E-state index is 0.0664. The number of carbonyl (C=O) groups is 1. The molecule has 0 unspecified atom stereocenters. The van der Waals surface area contributed by atoms with E-state index in [-0.39, 0.29) is 11.8 Å². The van der Waals surface area contributed by atoms with Crippen molar-refractivity contribution in [2.75, 3.05) is 5.73 Å². The van der Waals surface area contributed by atoms with Crippen molar-refractivity contribution in [3.63, 3.8) is 0 Å². The van der Waals surface area contributed by atoms with E-state index in [1.807, 2.05) is 43.0 Å². The molecule has 0 spiro atoms. The summed E-state index contributed by atoms with van der Waals surface area (Å²) in [5.74, 6) is 0.312. The Morgan fingerprint density at radius 3 is 2.71 bits per heavy atom. The van der Waals surface area contributed by atoms with E-state index in [1.54, 1.807) is 0 Å². The van der Waals surface area contributed by atoms with Gasteiger partial charge in [0.1, 0.15) is 0 Å². The molecule has 1 fully saturated rings. The van der Waals surface area contributed by atoms with E-state index < -0.39 is 0 Å². The summed E-state index contributed by atoms with van der Waals surface area (Å²) < 4.78 is 0. The van der Waals surface area contributed by atoms with Gasteiger partial charge in [-0.3, -0.25) is 4.79 Å². The van der Waals surface area contributed by atoms with Gasteiger partial charge in [-0.25, -0.2) is 0 Å². The lowest BCUT2D eigenvalue weighted by molar-refractivity contribution is -0.135. The van der Waals surface area contributed by atoms with Crippen LogP contribution in [0.25, 0.3) is 0 Å². The van der Waals surface area contributed by atoms with Crippen LogP contribution in [0.4, 0.5) is 5.69 Å². The molecule has 0 radical (unpaired) electrons.